The Hall–Kier alpha value is -2.36. The first-order chi connectivity index (χ1) is 8.08. The van der Waals surface area contributed by atoms with E-state index in [1.54, 1.807) is 37.5 Å². The van der Waals surface area contributed by atoms with Gasteiger partial charge in [-0.3, -0.25) is 9.59 Å². The number of benzene rings is 1. The van der Waals surface area contributed by atoms with Gasteiger partial charge in [-0.15, -0.1) is 0 Å². The Morgan fingerprint density at radius 1 is 1.18 bits per heavy atom. The number of carbonyl (C=O) groups is 1. The molecule has 0 fully saturated rings. The zero-order valence-corrected chi connectivity index (χ0v) is 9.38. The highest BCUT2D eigenvalue weighted by atomic mass is 16.1. The van der Waals surface area contributed by atoms with Gasteiger partial charge in [0, 0.05) is 24.9 Å². The molecule has 86 valence electrons. The van der Waals surface area contributed by atoms with Gasteiger partial charge in [-0.05, 0) is 29.3 Å². The van der Waals surface area contributed by atoms with Gasteiger partial charge >= 0.3 is 0 Å². The number of rotatable bonds is 2. The van der Waals surface area contributed by atoms with Crippen LogP contribution in [0.1, 0.15) is 10.4 Å². The first-order valence-corrected chi connectivity index (χ1v) is 5.15. The lowest BCUT2D eigenvalue weighted by molar-refractivity contribution is 0.100. The Labute approximate surface area is 98.3 Å². The van der Waals surface area contributed by atoms with Crippen LogP contribution >= 0.6 is 0 Å². The maximum atomic E-state index is 11.3. The number of hydrogen-bond donors (Lipinski definition) is 1. The number of carbonyl (C=O) groups excluding carboxylic acids is 1. The lowest BCUT2D eigenvalue weighted by Gasteiger charge is -2.05. The summed E-state index contributed by atoms with van der Waals surface area (Å²) in [4.78, 5) is 22.3. The Morgan fingerprint density at radius 3 is 2.59 bits per heavy atom. The molecular weight excluding hydrogens is 216 g/mol. The predicted molar refractivity (Wildman–Crippen MR) is 65.6 cm³/mol. The molecule has 0 atom stereocenters. The third-order valence-electron chi connectivity index (χ3n) is 2.57. The van der Waals surface area contributed by atoms with Gasteiger partial charge in [0.05, 0.1) is 0 Å². The number of nitrogens with two attached hydrogens (primary N) is 1. The Morgan fingerprint density at radius 2 is 1.94 bits per heavy atom. The van der Waals surface area contributed by atoms with Crippen LogP contribution in [0.2, 0.25) is 0 Å². The number of pyridine rings is 1. The van der Waals surface area contributed by atoms with E-state index in [4.69, 9.17) is 5.73 Å². The van der Waals surface area contributed by atoms with Gasteiger partial charge in [0.25, 0.3) is 0 Å². The van der Waals surface area contributed by atoms with Crippen molar-refractivity contribution in [3.05, 3.63) is 58.5 Å². The van der Waals surface area contributed by atoms with Gasteiger partial charge in [-0.2, -0.15) is 0 Å². The summed E-state index contributed by atoms with van der Waals surface area (Å²) in [6.45, 7) is 0. The van der Waals surface area contributed by atoms with E-state index in [0.29, 0.717) is 5.56 Å². The second kappa shape index (κ2) is 4.25. The molecule has 0 aliphatic carbocycles. The van der Waals surface area contributed by atoms with Crippen LogP contribution in [0, 0.1) is 0 Å². The SMILES string of the molecule is Cn1cc(-c2cccc(C(N)=O)c2)ccc1=O. The maximum absolute atomic E-state index is 11.3. The fraction of sp³-hybridized carbons (Fsp3) is 0.0769. The summed E-state index contributed by atoms with van der Waals surface area (Å²) < 4.78 is 1.49. The summed E-state index contributed by atoms with van der Waals surface area (Å²) in [5.41, 5.74) is 7.33. The van der Waals surface area contributed by atoms with Gasteiger partial charge in [0.15, 0.2) is 0 Å². The third-order valence-corrected chi connectivity index (χ3v) is 2.57. The molecule has 1 heterocycles. The Kier molecular flexibility index (Phi) is 2.78. The average molecular weight is 228 g/mol. The van der Waals surface area contributed by atoms with E-state index in [2.05, 4.69) is 0 Å². The molecule has 4 nitrogen and oxygen atoms in total. The van der Waals surface area contributed by atoms with Gasteiger partial charge in [-0.1, -0.05) is 12.1 Å². The molecular formula is C13H12N2O2. The van der Waals surface area contributed by atoms with Gasteiger partial charge in [0.1, 0.15) is 0 Å². The molecule has 4 heteroatoms. The van der Waals surface area contributed by atoms with Crippen molar-refractivity contribution in [3.8, 4) is 11.1 Å². The number of hydrogen-bond acceptors (Lipinski definition) is 2. The molecule has 0 radical (unpaired) electrons. The van der Waals surface area contributed by atoms with Gasteiger partial charge < -0.3 is 10.3 Å². The molecule has 2 aromatic rings. The molecule has 0 saturated carbocycles. The maximum Gasteiger partial charge on any atom is 0.250 e. The summed E-state index contributed by atoms with van der Waals surface area (Å²) in [5.74, 6) is -0.461. The molecule has 0 saturated heterocycles. The lowest BCUT2D eigenvalue weighted by Crippen LogP contribution is -2.14. The number of aryl methyl sites for hydroxylation is 1. The summed E-state index contributed by atoms with van der Waals surface area (Å²) in [6.07, 6.45) is 1.72. The molecule has 17 heavy (non-hydrogen) atoms. The van der Waals surface area contributed by atoms with Crippen molar-refractivity contribution >= 4 is 5.91 Å². The summed E-state index contributed by atoms with van der Waals surface area (Å²) >= 11 is 0. The van der Waals surface area contributed by atoms with E-state index in [0.717, 1.165) is 11.1 Å². The standard InChI is InChI=1S/C13H12N2O2/c1-15-8-11(5-6-12(15)16)9-3-2-4-10(7-9)13(14)17/h2-8H,1H3,(H2,14,17). The normalized spacial score (nSPS) is 10.2. The highest BCUT2D eigenvalue weighted by molar-refractivity contribution is 5.94. The van der Waals surface area contributed by atoms with E-state index in [1.165, 1.54) is 10.6 Å². The van der Waals surface area contributed by atoms with Crippen LogP contribution in [0.25, 0.3) is 11.1 Å². The van der Waals surface area contributed by atoms with E-state index in [9.17, 15) is 9.59 Å². The van der Waals surface area contributed by atoms with E-state index in [-0.39, 0.29) is 5.56 Å². The Balaban J connectivity index is 2.52. The Bertz CT molecular complexity index is 629. The molecule has 1 aromatic heterocycles. The fourth-order valence-corrected chi connectivity index (χ4v) is 1.62. The molecule has 0 aliphatic heterocycles. The van der Waals surface area contributed by atoms with E-state index in [1.807, 2.05) is 6.07 Å². The minimum absolute atomic E-state index is 0.0696. The first kappa shape index (κ1) is 11.1. The predicted octanol–water partition coefficient (Wildman–Crippen LogP) is 1.15. The minimum Gasteiger partial charge on any atom is -0.366 e. The van der Waals surface area contributed by atoms with E-state index >= 15 is 0 Å². The number of amides is 1. The molecule has 2 N–H and O–H groups in total. The molecule has 0 unspecified atom stereocenters. The van der Waals surface area contributed by atoms with Crippen LogP contribution in [0.4, 0.5) is 0 Å². The van der Waals surface area contributed by atoms with Crippen molar-refractivity contribution in [2.24, 2.45) is 12.8 Å². The van der Waals surface area contributed by atoms with Crippen molar-refractivity contribution in [1.29, 1.82) is 0 Å². The highest BCUT2D eigenvalue weighted by Gasteiger charge is 2.03. The zero-order chi connectivity index (χ0) is 12.4. The molecule has 2 rings (SSSR count). The van der Waals surface area contributed by atoms with Crippen LogP contribution in [0.5, 0.6) is 0 Å². The van der Waals surface area contributed by atoms with E-state index < -0.39 is 5.91 Å². The zero-order valence-electron chi connectivity index (χ0n) is 9.38. The number of aromatic nitrogens is 1. The van der Waals surface area contributed by atoms with Crippen molar-refractivity contribution in [2.75, 3.05) is 0 Å². The second-order valence-electron chi connectivity index (χ2n) is 3.81. The number of nitrogens with zero attached hydrogens (tertiary/aromatic N) is 1. The summed E-state index contributed by atoms with van der Waals surface area (Å²) in [6, 6.07) is 10.2. The minimum atomic E-state index is -0.461. The molecule has 1 amide bonds. The van der Waals surface area contributed by atoms with Crippen molar-refractivity contribution in [3.63, 3.8) is 0 Å². The summed E-state index contributed by atoms with van der Waals surface area (Å²) in [7, 11) is 1.68. The van der Waals surface area contributed by atoms with Gasteiger partial charge in [0.2, 0.25) is 11.5 Å². The third kappa shape index (κ3) is 2.25. The largest absolute Gasteiger partial charge is 0.366 e. The first-order valence-electron chi connectivity index (χ1n) is 5.15. The quantitative estimate of drug-likeness (QED) is 0.838. The topological polar surface area (TPSA) is 65.1 Å². The van der Waals surface area contributed by atoms with Crippen LogP contribution < -0.4 is 11.3 Å². The van der Waals surface area contributed by atoms with Crippen LogP contribution in [0.15, 0.2) is 47.4 Å². The highest BCUT2D eigenvalue weighted by Crippen LogP contribution is 2.18. The van der Waals surface area contributed by atoms with Crippen molar-refractivity contribution in [1.82, 2.24) is 4.57 Å². The summed E-state index contributed by atoms with van der Waals surface area (Å²) in [5, 5.41) is 0. The monoisotopic (exact) mass is 228 g/mol. The van der Waals surface area contributed by atoms with Crippen molar-refractivity contribution < 1.29 is 4.79 Å². The van der Waals surface area contributed by atoms with Crippen LogP contribution in [-0.2, 0) is 7.05 Å². The molecule has 0 bridgehead atoms. The molecule has 0 aliphatic rings. The second-order valence-corrected chi connectivity index (χ2v) is 3.81. The smallest absolute Gasteiger partial charge is 0.250 e. The van der Waals surface area contributed by atoms with Gasteiger partial charge in [-0.25, -0.2) is 0 Å². The van der Waals surface area contributed by atoms with Crippen LogP contribution in [-0.4, -0.2) is 10.5 Å². The van der Waals surface area contributed by atoms with Crippen molar-refractivity contribution in [2.45, 2.75) is 0 Å². The van der Waals surface area contributed by atoms with Crippen LogP contribution in [0.3, 0.4) is 0 Å². The fourth-order valence-electron chi connectivity index (χ4n) is 1.62. The lowest BCUT2D eigenvalue weighted by atomic mass is 10.0. The molecule has 0 spiro atoms. The number of primary amides is 1. The average Bonchev–Trinajstić information content (AvgIpc) is 2.33. The molecule has 1 aromatic carbocycles.